The molecule has 7 heteroatoms. The summed E-state index contributed by atoms with van der Waals surface area (Å²) in [6.07, 6.45) is -0.346. The van der Waals surface area contributed by atoms with Gasteiger partial charge in [-0.05, 0) is 31.2 Å². The molecule has 0 atom stereocenters. The lowest BCUT2D eigenvalue weighted by molar-refractivity contribution is -0.114. The van der Waals surface area contributed by atoms with Crippen LogP contribution in [-0.4, -0.2) is 26.2 Å². The van der Waals surface area contributed by atoms with E-state index in [1.54, 1.807) is 48.5 Å². The number of Topliss-reactive ketones (excluding diaryl/α,β-unsaturated/α-hetero) is 1. The van der Waals surface area contributed by atoms with E-state index in [2.05, 4.69) is 0 Å². The summed E-state index contributed by atoms with van der Waals surface area (Å²) in [5, 5.41) is 0. The maximum atomic E-state index is 13.0. The van der Waals surface area contributed by atoms with Gasteiger partial charge in [-0.25, -0.2) is 4.57 Å². The number of carbonyl (C=O) groups is 1. The van der Waals surface area contributed by atoms with E-state index in [1.165, 1.54) is 21.1 Å². The number of benzene rings is 2. The topological polar surface area (TPSA) is 71.1 Å². The second kappa shape index (κ2) is 7.88. The van der Waals surface area contributed by atoms with Crippen LogP contribution in [0.5, 0.6) is 23.0 Å². The standard InChI is InChI=1S/C17H19O6P/c1-13(18)12-24(19,22-16-8-4-6-14(10-16)20-2)23-17-9-5-7-15(11-17)21-3/h4-11H,12H2,1-3H3. The van der Waals surface area contributed by atoms with E-state index in [0.29, 0.717) is 23.0 Å². The highest BCUT2D eigenvalue weighted by atomic mass is 31.2. The highest BCUT2D eigenvalue weighted by Crippen LogP contribution is 2.49. The Hall–Kier alpha value is -2.46. The molecule has 0 saturated heterocycles. The highest BCUT2D eigenvalue weighted by molar-refractivity contribution is 7.55. The summed E-state index contributed by atoms with van der Waals surface area (Å²) in [6.45, 7) is 1.33. The third-order valence-electron chi connectivity index (χ3n) is 2.99. The van der Waals surface area contributed by atoms with Crippen LogP contribution in [0.4, 0.5) is 0 Å². The van der Waals surface area contributed by atoms with Crippen molar-refractivity contribution in [3.8, 4) is 23.0 Å². The van der Waals surface area contributed by atoms with Crippen molar-refractivity contribution >= 4 is 13.4 Å². The summed E-state index contributed by atoms with van der Waals surface area (Å²) in [6, 6.07) is 13.2. The zero-order chi connectivity index (χ0) is 17.6. The summed E-state index contributed by atoms with van der Waals surface area (Å²) in [4.78, 5) is 11.5. The normalized spacial score (nSPS) is 10.8. The van der Waals surface area contributed by atoms with Gasteiger partial charge >= 0.3 is 7.60 Å². The summed E-state index contributed by atoms with van der Waals surface area (Å²) >= 11 is 0. The Morgan fingerprint density at radius 3 is 1.67 bits per heavy atom. The van der Waals surface area contributed by atoms with E-state index >= 15 is 0 Å². The molecule has 2 aromatic rings. The van der Waals surface area contributed by atoms with Crippen molar-refractivity contribution in [2.24, 2.45) is 0 Å². The molecule has 128 valence electrons. The molecular formula is C17H19O6P. The van der Waals surface area contributed by atoms with Crippen LogP contribution in [0.15, 0.2) is 48.5 Å². The van der Waals surface area contributed by atoms with Gasteiger partial charge in [0.05, 0.1) is 14.2 Å². The van der Waals surface area contributed by atoms with Gasteiger partial charge in [0.2, 0.25) is 0 Å². The first-order valence-corrected chi connectivity index (χ1v) is 8.93. The van der Waals surface area contributed by atoms with E-state index in [1.807, 2.05) is 0 Å². The van der Waals surface area contributed by atoms with Gasteiger partial charge in [-0.2, -0.15) is 0 Å². The van der Waals surface area contributed by atoms with Crippen molar-refractivity contribution in [1.29, 1.82) is 0 Å². The lowest BCUT2D eigenvalue weighted by Crippen LogP contribution is -2.10. The van der Waals surface area contributed by atoms with Gasteiger partial charge in [0.1, 0.15) is 34.9 Å². The molecule has 0 spiro atoms. The molecule has 2 aromatic carbocycles. The van der Waals surface area contributed by atoms with Gasteiger partial charge in [-0.15, -0.1) is 0 Å². The van der Waals surface area contributed by atoms with Crippen LogP contribution in [0.1, 0.15) is 6.92 Å². The maximum Gasteiger partial charge on any atom is 0.438 e. The van der Waals surface area contributed by atoms with Crippen molar-refractivity contribution in [3.05, 3.63) is 48.5 Å². The number of carbonyl (C=O) groups excluding carboxylic acids is 1. The molecule has 0 fully saturated rings. The van der Waals surface area contributed by atoms with Crippen LogP contribution >= 0.6 is 7.60 Å². The first kappa shape index (κ1) is 17.9. The predicted octanol–water partition coefficient (Wildman–Crippen LogP) is 3.94. The van der Waals surface area contributed by atoms with E-state index in [4.69, 9.17) is 18.5 Å². The Bertz CT molecular complexity index is 705. The first-order valence-electron chi connectivity index (χ1n) is 7.20. The van der Waals surface area contributed by atoms with Gasteiger partial charge < -0.3 is 18.5 Å². The Morgan fingerprint density at radius 1 is 0.875 bits per heavy atom. The maximum absolute atomic E-state index is 13.0. The van der Waals surface area contributed by atoms with Gasteiger partial charge in [-0.3, -0.25) is 4.79 Å². The van der Waals surface area contributed by atoms with E-state index in [0.717, 1.165) is 0 Å². The van der Waals surface area contributed by atoms with Gasteiger partial charge in [-0.1, -0.05) is 12.1 Å². The fraction of sp³-hybridized carbons (Fsp3) is 0.235. The fourth-order valence-corrected chi connectivity index (χ4v) is 3.57. The lowest BCUT2D eigenvalue weighted by Gasteiger charge is -2.19. The molecule has 0 radical (unpaired) electrons. The molecule has 0 aliphatic heterocycles. The molecule has 0 aliphatic rings. The summed E-state index contributed by atoms with van der Waals surface area (Å²) < 4.78 is 34.3. The minimum absolute atomic E-state index is 0.293. The van der Waals surface area contributed by atoms with Crippen LogP contribution < -0.4 is 18.5 Å². The molecule has 0 N–H and O–H groups in total. The van der Waals surface area contributed by atoms with Crippen molar-refractivity contribution in [2.75, 3.05) is 20.4 Å². The third-order valence-corrected chi connectivity index (χ3v) is 4.80. The number of methoxy groups -OCH3 is 2. The summed E-state index contributed by atoms with van der Waals surface area (Å²) in [5.41, 5.74) is 0. The van der Waals surface area contributed by atoms with Crippen molar-refractivity contribution in [2.45, 2.75) is 6.92 Å². The minimum atomic E-state index is -3.74. The third kappa shape index (κ3) is 5.03. The van der Waals surface area contributed by atoms with Crippen molar-refractivity contribution in [1.82, 2.24) is 0 Å². The monoisotopic (exact) mass is 350 g/mol. The molecule has 0 unspecified atom stereocenters. The molecule has 2 rings (SSSR count). The molecule has 6 nitrogen and oxygen atoms in total. The molecule has 0 heterocycles. The average Bonchev–Trinajstić information content (AvgIpc) is 2.54. The Morgan fingerprint density at radius 2 is 1.29 bits per heavy atom. The van der Waals surface area contributed by atoms with Crippen LogP contribution in [0.25, 0.3) is 0 Å². The van der Waals surface area contributed by atoms with Crippen LogP contribution in [0.3, 0.4) is 0 Å². The van der Waals surface area contributed by atoms with Crippen LogP contribution in [0.2, 0.25) is 0 Å². The smallest absolute Gasteiger partial charge is 0.438 e. The number of rotatable bonds is 8. The molecule has 24 heavy (non-hydrogen) atoms. The molecule has 0 aliphatic carbocycles. The van der Waals surface area contributed by atoms with Crippen molar-refractivity contribution in [3.63, 3.8) is 0 Å². The number of hydrogen-bond donors (Lipinski definition) is 0. The second-order valence-corrected chi connectivity index (χ2v) is 6.91. The number of hydrogen-bond acceptors (Lipinski definition) is 6. The van der Waals surface area contributed by atoms with E-state index < -0.39 is 7.60 Å². The van der Waals surface area contributed by atoms with E-state index in [9.17, 15) is 9.36 Å². The predicted molar refractivity (Wildman–Crippen MR) is 90.4 cm³/mol. The molecule has 0 aromatic heterocycles. The zero-order valence-corrected chi connectivity index (χ0v) is 14.6. The zero-order valence-electron chi connectivity index (χ0n) is 13.7. The fourth-order valence-electron chi connectivity index (χ4n) is 1.99. The summed E-state index contributed by atoms with van der Waals surface area (Å²) in [7, 11) is -0.711. The average molecular weight is 350 g/mol. The van der Waals surface area contributed by atoms with Gasteiger partial charge in [0.25, 0.3) is 0 Å². The summed E-state index contributed by atoms with van der Waals surface area (Å²) in [5.74, 6) is 1.37. The Labute approximate surface area is 140 Å². The lowest BCUT2D eigenvalue weighted by atomic mass is 10.3. The van der Waals surface area contributed by atoms with Gasteiger partial charge in [0, 0.05) is 12.1 Å². The quantitative estimate of drug-likeness (QED) is 0.672. The highest BCUT2D eigenvalue weighted by Gasteiger charge is 2.30. The minimum Gasteiger partial charge on any atom is -0.497 e. The number of ketones is 1. The van der Waals surface area contributed by atoms with Crippen molar-refractivity contribution < 1.29 is 27.9 Å². The Balaban J connectivity index is 2.27. The van der Waals surface area contributed by atoms with Crippen LogP contribution in [-0.2, 0) is 9.36 Å². The largest absolute Gasteiger partial charge is 0.497 e. The van der Waals surface area contributed by atoms with Crippen LogP contribution in [0, 0.1) is 0 Å². The van der Waals surface area contributed by atoms with Gasteiger partial charge in [0.15, 0.2) is 0 Å². The second-order valence-electron chi connectivity index (χ2n) is 5.01. The molecule has 0 saturated carbocycles. The Kier molecular flexibility index (Phi) is 5.88. The SMILES string of the molecule is COc1cccc(OP(=O)(CC(C)=O)Oc2cccc(OC)c2)c1. The first-order chi connectivity index (χ1) is 11.4. The number of ether oxygens (including phenoxy) is 2. The molecule has 0 bridgehead atoms. The molecular weight excluding hydrogens is 331 g/mol. The van der Waals surface area contributed by atoms with E-state index in [-0.39, 0.29) is 11.9 Å². The molecule has 0 amide bonds.